The molecular weight excluding hydrogens is 240 g/mol. The third-order valence-corrected chi connectivity index (χ3v) is 3.54. The Labute approximate surface area is 114 Å². The van der Waals surface area contributed by atoms with Crippen molar-refractivity contribution in [1.82, 2.24) is 4.90 Å². The highest BCUT2D eigenvalue weighted by Crippen LogP contribution is 2.20. The van der Waals surface area contributed by atoms with Crippen LogP contribution in [-0.4, -0.2) is 44.2 Å². The van der Waals surface area contributed by atoms with E-state index in [1.165, 1.54) is 5.69 Å². The lowest BCUT2D eigenvalue weighted by Crippen LogP contribution is -2.44. The second-order valence-corrected chi connectivity index (χ2v) is 5.19. The topological polar surface area (TPSA) is 61.6 Å². The van der Waals surface area contributed by atoms with Crippen LogP contribution in [0.25, 0.3) is 0 Å². The summed E-state index contributed by atoms with van der Waals surface area (Å²) in [5.41, 5.74) is 7.59. The van der Waals surface area contributed by atoms with Gasteiger partial charge in [0.25, 0.3) is 0 Å². The fourth-order valence-electron chi connectivity index (χ4n) is 2.35. The van der Waals surface area contributed by atoms with Crippen LogP contribution in [0.1, 0.15) is 12.8 Å². The van der Waals surface area contributed by atoms with Gasteiger partial charge in [0.1, 0.15) is 0 Å². The summed E-state index contributed by atoms with van der Waals surface area (Å²) in [5.74, 6) is 0. The first-order valence-corrected chi connectivity index (χ1v) is 6.64. The average Bonchev–Trinajstić information content (AvgIpc) is 2.39. The van der Waals surface area contributed by atoms with Gasteiger partial charge in [0.2, 0.25) is 0 Å². The molecule has 0 aliphatic carbocycles. The molecule has 5 nitrogen and oxygen atoms in total. The SMILES string of the molecule is CN(C)c1cccc(NC2CCN(C(N)=O)CC2)c1. The predicted octanol–water partition coefficient (Wildman–Crippen LogP) is 1.71. The van der Waals surface area contributed by atoms with Gasteiger partial charge in [0.15, 0.2) is 0 Å². The van der Waals surface area contributed by atoms with Gasteiger partial charge in [-0.2, -0.15) is 0 Å². The van der Waals surface area contributed by atoms with E-state index in [2.05, 4.69) is 34.5 Å². The van der Waals surface area contributed by atoms with Gasteiger partial charge in [0, 0.05) is 44.6 Å². The molecule has 2 amide bonds. The fourth-order valence-corrected chi connectivity index (χ4v) is 2.35. The van der Waals surface area contributed by atoms with Crippen molar-refractivity contribution in [2.24, 2.45) is 5.73 Å². The molecule has 0 radical (unpaired) electrons. The first-order chi connectivity index (χ1) is 9.06. The van der Waals surface area contributed by atoms with Gasteiger partial charge < -0.3 is 20.9 Å². The zero-order valence-electron chi connectivity index (χ0n) is 11.6. The van der Waals surface area contributed by atoms with Crippen LogP contribution < -0.4 is 16.0 Å². The van der Waals surface area contributed by atoms with Crippen LogP contribution in [0.3, 0.4) is 0 Å². The number of hydrogen-bond acceptors (Lipinski definition) is 3. The Bertz CT molecular complexity index is 439. The van der Waals surface area contributed by atoms with E-state index in [0.29, 0.717) is 6.04 Å². The number of carbonyl (C=O) groups is 1. The molecular formula is C14H22N4O. The Kier molecular flexibility index (Phi) is 4.14. The van der Waals surface area contributed by atoms with Gasteiger partial charge in [-0.15, -0.1) is 0 Å². The molecule has 0 saturated carbocycles. The smallest absolute Gasteiger partial charge is 0.314 e. The van der Waals surface area contributed by atoms with Crippen molar-refractivity contribution in [1.29, 1.82) is 0 Å². The summed E-state index contributed by atoms with van der Waals surface area (Å²) >= 11 is 0. The summed E-state index contributed by atoms with van der Waals surface area (Å²) < 4.78 is 0. The third-order valence-electron chi connectivity index (χ3n) is 3.54. The number of nitrogens with one attached hydrogen (secondary N) is 1. The number of urea groups is 1. The van der Waals surface area contributed by atoms with E-state index in [4.69, 9.17) is 5.73 Å². The molecule has 1 aromatic rings. The van der Waals surface area contributed by atoms with Crippen molar-refractivity contribution in [3.05, 3.63) is 24.3 Å². The largest absolute Gasteiger partial charge is 0.382 e. The lowest BCUT2D eigenvalue weighted by molar-refractivity contribution is 0.193. The molecule has 0 bridgehead atoms. The normalized spacial score (nSPS) is 16.2. The summed E-state index contributed by atoms with van der Waals surface area (Å²) in [6.07, 6.45) is 1.88. The molecule has 1 aromatic carbocycles. The molecule has 1 aliphatic heterocycles. The highest BCUT2D eigenvalue weighted by Gasteiger charge is 2.20. The van der Waals surface area contributed by atoms with E-state index in [-0.39, 0.29) is 6.03 Å². The zero-order valence-corrected chi connectivity index (χ0v) is 11.6. The van der Waals surface area contributed by atoms with Crippen LogP contribution in [0.5, 0.6) is 0 Å². The Morgan fingerprint density at radius 1 is 1.37 bits per heavy atom. The first-order valence-electron chi connectivity index (χ1n) is 6.64. The maximum absolute atomic E-state index is 11.1. The van der Waals surface area contributed by atoms with E-state index in [1.807, 2.05) is 14.1 Å². The van der Waals surface area contributed by atoms with Gasteiger partial charge in [-0.25, -0.2) is 4.79 Å². The average molecular weight is 262 g/mol. The van der Waals surface area contributed by atoms with E-state index < -0.39 is 0 Å². The minimum absolute atomic E-state index is 0.312. The highest BCUT2D eigenvalue weighted by atomic mass is 16.2. The second kappa shape index (κ2) is 5.82. The molecule has 19 heavy (non-hydrogen) atoms. The second-order valence-electron chi connectivity index (χ2n) is 5.19. The number of anilines is 2. The number of hydrogen-bond donors (Lipinski definition) is 2. The van der Waals surface area contributed by atoms with Crippen LogP contribution in [0, 0.1) is 0 Å². The molecule has 0 atom stereocenters. The Balaban J connectivity index is 1.92. The van der Waals surface area contributed by atoms with Gasteiger partial charge in [-0.05, 0) is 31.0 Å². The standard InChI is InChI=1S/C14H22N4O/c1-17(2)13-5-3-4-12(10-13)16-11-6-8-18(9-7-11)14(15)19/h3-5,10-11,16H,6-9H2,1-2H3,(H2,15,19). The molecule has 1 heterocycles. The molecule has 3 N–H and O–H groups in total. The lowest BCUT2D eigenvalue weighted by Gasteiger charge is -2.31. The molecule has 1 aliphatic rings. The van der Waals surface area contributed by atoms with Crippen molar-refractivity contribution < 1.29 is 4.79 Å². The van der Waals surface area contributed by atoms with E-state index in [9.17, 15) is 4.79 Å². The van der Waals surface area contributed by atoms with Crippen molar-refractivity contribution in [3.8, 4) is 0 Å². The van der Waals surface area contributed by atoms with Gasteiger partial charge in [-0.1, -0.05) is 6.07 Å². The maximum Gasteiger partial charge on any atom is 0.314 e. The Hall–Kier alpha value is -1.91. The Morgan fingerprint density at radius 3 is 2.63 bits per heavy atom. The number of amides is 2. The monoisotopic (exact) mass is 262 g/mol. The van der Waals surface area contributed by atoms with E-state index in [1.54, 1.807) is 4.90 Å². The fraction of sp³-hybridized carbons (Fsp3) is 0.500. The van der Waals surface area contributed by atoms with Crippen LogP contribution >= 0.6 is 0 Å². The summed E-state index contributed by atoms with van der Waals surface area (Å²) in [4.78, 5) is 14.8. The van der Waals surface area contributed by atoms with Crippen molar-refractivity contribution in [3.63, 3.8) is 0 Å². The van der Waals surface area contributed by atoms with Gasteiger partial charge in [-0.3, -0.25) is 0 Å². The Morgan fingerprint density at radius 2 is 2.05 bits per heavy atom. The van der Waals surface area contributed by atoms with E-state index in [0.717, 1.165) is 31.6 Å². The summed E-state index contributed by atoms with van der Waals surface area (Å²) in [6, 6.07) is 8.45. The number of benzene rings is 1. The number of primary amides is 1. The molecule has 2 rings (SSSR count). The van der Waals surface area contributed by atoms with Crippen molar-refractivity contribution in [2.45, 2.75) is 18.9 Å². The number of piperidine rings is 1. The highest BCUT2D eigenvalue weighted by molar-refractivity contribution is 5.72. The molecule has 0 unspecified atom stereocenters. The molecule has 5 heteroatoms. The van der Waals surface area contributed by atoms with E-state index >= 15 is 0 Å². The number of rotatable bonds is 3. The number of nitrogens with zero attached hydrogens (tertiary/aromatic N) is 2. The lowest BCUT2D eigenvalue weighted by atomic mass is 10.0. The summed E-state index contributed by atoms with van der Waals surface area (Å²) in [7, 11) is 4.06. The molecule has 104 valence electrons. The molecule has 1 fully saturated rings. The van der Waals surface area contributed by atoms with Crippen LogP contribution in [-0.2, 0) is 0 Å². The summed E-state index contributed by atoms with van der Waals surface area (Å²) in [5, 5.41) is 3.53. The van der Waals surface area contributed by atoms with Gasteiger partial charge in [0.05, 0.1) is 0 Å². The molecule has 1 saturated heterocycles. The number of nitrogens with two attached hydrogens (primary N) is 1. The van der Waals surface area contributed by atoms with Crippen molar-refractivity contribution in [2.75, 3.05) is 37.4 Å². The molecule has 0 aromatic heterocycles. The zero-order chi connectivity index (χ0) is 13.8. The third kappa shape index (κ3) is 3.53. The quantitative estimate of drug-likeness (QED) is 0.871. The van der Waals surface area contributed by atoms with Crippen molar-refractivity contribution >= 4 is 17.4 Å². The van der Waals surface area contributed by atoms with Crippen LogP contribution in [0.15, 0.2) is 24.3 Å². The minimum atomic E-state index is -0.312. The molecule has 0 spiro atoms. The predicted molar refractivity (Wildman–Crippen MR) is 78.6 cm³/mol. The van der Waals surface area contributed by atoms with Crippen LogP contribution in [0.2, 0.25) is 0 Å². The summed E-state index contributed by atoms with van der Waals surface area (Å²) in [6.45, 7) is 1.47. The van der Waals surface area contributed by atoms with Crippen LogP contribution in [0.4, 0.5) is 16.2 Å². The first kappa shape index (κ1) is 13.5. The minimum Gasteiger partial charge on any atom is -0.382 e. The maximum atomic E-state index is 11.1. The van der Waals surface area contributed by atoms with Gasteiger partial charge >= 0.3 is 6.03 Å². The number of likely N-dealkylation sites (tertiary alicyclic amines) is 1. The number of carbonyl (C=O) groups excluding carboxylic acids is 1.